The number of ketones is 1. The normalized spacial score (nSPS) is 16.2. The van der Waals surface area contributed by atoms with Crippen LogP contribution in [-0.2, 0) is 11.2 Å². The number of anilines is 1. The molecular formula is C14H17N3O2. The minimum Gasteiger partial charge on any atom is -0.383 e. The molecule has 1 aliphatic rings. The van der Waals surface area contributed by atoms with Gasteiger partial charge < -0.3 is 10.2 Å². The van der Waals surface area contributed by atoms with Gasteiger partial charge in [-0.25, -0.2) is 0 Å². The molecule has 0 aliphatic heterocycles. The van der Waals surface area contributed by atoms with Gasteiger partial charge >= 0.3 is 0 Å². The highest BCUT2D eigenvalue weighted by Gasteiger charge is 2.23. The van der Waals surface area contributed by atoms with E-state index < -0.39 is 0 Å². The Kier molecular flexibility index (Phi) is 3.64. The lowest BCUT2D eigenvalue weighted by Crippen LogP contribution is -2.19. The molecule has 5 heteroatoms. The van der Waals surface area contributed by atoms with Crippen molar-refractivity contribution < 1.29 is 9.59 Å². The molecule has 1 aliphatic carbocycles. The fourth-order valence-corrected chi connectivity index (χ4v) is 2.15. The standard InChI is InChI=1S/C14H17N3O2/c1-9(18)16-12-6-10-4-5-11(8-17(2)3)14(19)13(10)15-7-12/h6-8H,4-5H2,1-3H3,(H,16,18)/b11-8+. The van der Waals surface area contributed by atoms with Crippen LogP contribution >= 0.6 is 0 Å². The average molecular weight is 259 g/mol. The quantitative estimate of drug-likeness (QED) is 0.820. The van der Waals surface area contributed by atoms with E-state index in [1.807, 2.05) is 31.3 Å². The number of fused-ring (bicyclic) bond motifs is 1. The van der Waals surface area contributed by atoms with E-state index in [4.69, 9.17) is 0 Å². The number of pyridine rings is 1. The molecule has 19 heavy (non-hydrogen) atoms. The lowest BCUT2D eigenvalue weighted by Gasteiger charge is -2.19. The lowest BCUT2D eigenvalue weighted by atomic mass is 9.90. The van der Waals surface area contributed by atoms with Crippen LogP contribution in [0.25, 0.3) is 0 Å². The summed E-state index contributed by atoms with van der Waals surface area (Å²) in [7, 11) is 3.78. The van der Waals surface area contributed by atoms with Gasteiger partial charge in [0.2, 0.25) is 11.7 Å². The van der Waals surface area contributed by atoms with Crippen molar-refractivity contribution in [3.05, 3.63) is 35.3 Å². The predicted molar refractivity (Wildman–Crippen MR) is 73.0 cm³/mol. The summed E-state index contributed by atoms with van der Waals surface area (Å²) in [5.74, 6) is -0.165. The van der Waals surface area contributed by atoms with Gasteiger partial charge in [0.15, 0.2) is 0 Å². The maximum absolute atomic E-state index is 12.2. The summed E-state index contributed by atoms with van der Waals surface area (Å²) in [4.78, 5) is 29.3. The van der Waals surface area contributed by atoms with Crippen molar-refractivity contribution in [1.82, 2.24) is 9.88 Å². The minimum atomic E-state index is -0.142. The topological polar surface area (TPSA) is 62.3 Å². The number of aromatic nitrogens is 1. The third-order valence-corrected chi connectivity index (χ3v) is 2.87. The van der Waals surface area contributed by atoms with Gasteiger partial charge in [-0.2, -0.15) is 0 Å². The number of Topliss-reactive ketones (excluding diaryl/α,β-unsaturated/α-hetero) is 1. The SMILES string of the molecule is CC(=O)Nc1cnc2c(c1)CC/C(=C\N(C)C)C2=O. The van der Waals surface area contributed by atoms with Crippen LogP contribution in [0.1, 0.15) is 29.4 Å². The molecule has 0 aromatic carbocycles. The maximum Gasteiger partial charge on any atom is 0.221 e. The predicted octanol–water partition coefficient (Wildman–Crippen LogP) is 1.61. The Labute approximate surface area is 112 Å². The first-order chi connectivity index (χ1) is 8.97. The third kappa shape index (κ3) is 2.99. The molecule has 0 fully saturated rings. The van der Waals surface area contributed by atoms with Crippen molar-refractivity contribution in [3.8, 4) is 0 Å². The Balaban J connectivity index is 2.31. The molecule has 5 nitrogen and oxygen atoms in total. The number of aryl methyl sites for hydroxylation is 1. The second kappa shape index (κ2) is 5.22. The van der Waals surface area contributed by atoms with E-state index in [2.05, 4.69) is 10.3 Å². The number of hydrogen-bond donors (Lipinski definition) is 1. The van der Waals surface area contributed by atoms with Gasteiger partial charge in [-0.15, -0.1) is 0 Å². The monoisotopic (exact) mass is 259 g/mol. The van der Waals surface area contributed by atoms with Gasteiger partial charge in [0.1, 0.15) is 5.69 Å². The number of carbonyl (C=O) groups is 2. The van der Waals surface area contributed by atoms with Crippen molar-refractivity contribution >= 4 is 17.4 Å². The molecule has 1 aromatic heterocycles. The highest BCUT2D eigenvalue weighted by molar-refractivity contribution is 6.09. The van der Waals surface area contributed by atoms with Crippen LogP contribution in [0, 0.1) is 0 Å². The Morgan fingerprint density at radius 2 is 2.16 bits per heavy atom. The summed E-state index contributed by atoms with van der Waals surface area (Å²) in [5.41, 5.74) is 2.80. The summed E-state index contributed by atoms with van der Waals surface area (Å²) in [5, 5.41) is 2.68. The minimum absolute atomic E-state index is 0.0238. The number of allylic oxidation sites excluding steroid dienone is 1. The highest BCUT2D eigenvalue weighted by Crippen LogP contribution is 2.25. The number of nitrogens with one attached hydrogen (secondary N) is 1. The fraction of sp³-hybridized carbons (Fsp3) is 0.357. The molecule has 100 valence electrons. The molecule has 0 unspecified atom stereocenters. The van der Waals surface area contributed by atoms with Crippen LogP contribution in [0.3, 0.4) is 0 Å². The second-order valence-electron chi connectivity index (χ2n) is 4.86. The molecule has 1 amide bonds. The van der Waals surface area contributed by atoms with Crippen LogP contribution in [0.2, 0.25) is 0 Å². The molecular weight excluding hydrogens is 242 g/mol. The van der Waals surface area contributed by atoms with Crippen LogP contribution in [0.15, 0.2) is 24.0 Å². The van der Waals surface area contributed by atoms with E-state index >= 15 is 0 Å². The van der Waals surface area contributed by atoms with Crippen molar-refractivity contribution in [1.29, 1.82) is 0 Å². The number of carbonyl (C=O) groups excluding carboxylic acids is 2. The van der Waals surface area contributed by atoms with Crippen LogP contribution < -0.4 is 5.32 Å². The average Bonchev–Trinajstić information content (AvgIpc) is 2.31. The largest absolute Gasteiger partial charge is 0.383 e. The van der Waals surface area contributed by atoms with Crippen molar-refractivity contribution in [3.63, 3.8) is 0 Å². The summed E-state index contributed by atoms with van der Waals surface area (Å²) >= 11 is 0. The van der Waals surface area contributed by atoms with E-state index in [0.717, 1.165) is 17.6 Å². The highest BCUT2D eigenvalue weighted by atomic mass is 16.1. The molecule has 1 N–H and O–H groups in total. The molecule has 0 atom stereocenters. The molecule has 1 heterocycles. The zero-order valence-electron chi connectivity index (χ0n) is 11.4. The van der Waals surface area contributed by atoms with E-state index in [1.54, 1.807) is 0 Å². The fourth-order valence-electron chi connectivity index (χ4n) is 2.15. The van der Waals surface area contributed by atoms with E-state index in [1.165, 1.54) is 13.1 Å². The van der Waals surface area contributed by atoms with Gasteiger partial charge in [-0.1, -0.05) is 0 Å². The number of amides is 1. The smallest absolute Gasteiger partial charge is 0.221 e. The Morgan fingerprint density at radius 3 is 2.79 bits per heavy atom. The zero-order chi connectivity index (χ0) is 14.0. The Hall–Kier alpha value is -2.17. The summed E-state index contributed by atoms with van der Waals surface area (Å²) < 4.78 is 0. The van der Waals surface area contributed by atoms with E-state index in [0.29, 0.717) is 17.8 Å². The molecule has 0 bridgehead atoms. The number of nitrogens with zero attached hydrogens (tertiary/aromatic N) is 2. The summed E-state index contributed by atoms with van der Waals surface area (Å²) in [6.07, 6.45) is 4.84. The molecule has 0 saturated heterocycles. The molecule has 2 rings (SSSR count). The molecule has 1 aromatic rings. The van der Waals surface area contributed by atoms with Gasteiger partial charge in [0, 0.05) is 32.8 Å². The van der Waals surface area contributed by atoms with Crippen molar-refractivity contribution in [2.45, 2.75) is 19.8 Å². The van der Waals surface area contributed by atoms with Crippen molar-refractivity contribution in [2.24, 2.45) is 0 Å². The van der Waals surface area contributed by atoms with E-state index in [-0.39, 0.29) is 11.7 Å². The molecule has 0 saturated carbocycles. The van der Waals surface area contributed by atoms with E-state index in [9.17, 15) is 9.59 Å². The third-order valence-electron chi connectivity index (χ3n) is 2.87. The number of rotatable bonds is 2. The first-order valence-electron chi connectivity index (χ1n) is 6.15. The zero-order valence-corrected chi connectivity index (χ0v) is 11.4. The van der Waals surface area contributed by atoms with Gasteiger partial charge in [0.25, 0.3) is 0 Å². The van der Waals surface area contributed by atoms with Gasteiger partial charge in [-0.05, 0) is 24.5 Å². The first kappa shape index (κ1) is 13.3. The second-order valence-corrected chi connectivity index (χ2v) is 4.86. The lowest BCUT2D eigenvalue weighted by molar-refractivity contribution is -0.114. The molecule has 0 radical (unpaired) electrons. The number of hydrogen-bond acceptors (Lipinski definition) is 4. The molecule has 0 spiro atoms. The van der Waals surface area contributed by atoms with Gasteiger partial charge in [-0.3, -0.25) is 14.6 Å². The summed E-state index contributed by atoms with van der Waals surface area (Å²) in [6.45, 7) is 1.45. The maximum atomic E-state index is 12.2. The van der Waals surface area contributed by atoms with Crippen LogP contribution in [0.5, 0.6) is 0 Å². The van der Waals surface area contributed by atoms with Crippen LogP contribution in [-0.4, -0.2) is 35.7 Å². The van der Waals surface area contributed by atoms with Crippen LogP contribution in [0.4, 0.5) is 5.69 Å². The van der Waals surface area contributed by atoms with Crippen molar-refractivity contribution in [2.75, 3.05) is 19.4 Å². The summed E-state index contributed by atoms with van der Waals surface area (Å²) in [6, 6.07) is 1.83. The Morgan fingerprint density at radius 1 is 1.42 bits per heavy atom. The van der Waals surface area contributed by atoms with Gasteiger partial charge in [0.05, 0.1) is 11.9 Å². The Bertz CT molecular complexity index is 562. The first-order valence-corrected chi connectivity index (χ1v) is 6.15.